The van der Waals surface area contributed by atoms with Crippen molar-refractivity contribution in [3.8, 4) is 6.07 Å². The topological polar surface area (TPSA) is 44.1 Å². The minimum absolute atomic E-state index is 0.0107. The lowest BCUT2D eigenvalue weighted by Crippen LogP contribution is -2.38. The number of hydrogen-bond acceptors (Lipinski definition) is 2. The molecule has 15 heavy (non-hydrogen) atoms. The summed E-state index contributed by atoms with van der Waals surface area (Å²) in [5.41, 5.74) is 0. The molecule has 0 bridgehead atoms. The summed E-state index contributed by atoms with van der Waals surface area (Å²) in [6.45, 7) is 9.37. The quantitative estimate of drug-likeness (QED) is 0.676. The highest BCUT2D eigenvalue weighted by Crippen LogP contribution is 2.13. The number of nitriles is 1. The molecule has 0 aliphatic carbocycles. The number of unbranched alkanes of at least 4 members (excludes halogenated alkanes) is 1. The van der Waals surface area contributed by atoms with Gasteiger partial charge in [0.2, 0.25) is 5.91 Å². The first-order chi connectivity index (χ1) is 7.08. The van der Waals surface area contributed by atoms with Crippen molar-refractivity contribution in [3.05, 3.63) is 0 Å². The van der Waals surface area contributed by atoms with E-state index in [9.17, 15) is 4.79 Å². The molecule has 0 fully saturated rings. The van der Waals surface area contributed by atoms with Crippen LogP contribution < -0.4 is 0 Å². The van der Waals surface area contributed by atoms with Crippen molar-refractivity contribution in [3.63, 3.8) is 0 Å². The molecule has 0 N–H and O–H groups in total. The number of carbonyl (C=O) groups is 1. The van der Waals surface area contributed by atoms with E-state index in [1.807, 2.05) is 20.8 Å². The van der Waals surface area contributed by atoms with Gasteiger partial charge in [0.25, 0.3) is 0 Å². The molecule has 0 aromatic carbocycles. The lowest BCUT2D eigenvalue weighted by atomic mass is 9.96. The standard InChI is InChI=1S/C12H22N2O/c1-5-7-8-14(6-2)12(15)11(9-13)10(3)4/h10-11H,5-8H2,1-4H3. The van der Waals surface area contributed by atoms with Crippen molar-refractivity contribution >= 4 is 5.91 Å². The highest BCUT2D eigenvalue weighted by atomic mass is 16.2. The second kappa shape index (κ2) is 7.28. The zero-order chi connectivity index (χ0) is 11.8. The van der Waals surface area contributed by atoms with Crippen LogP contribution in [0.4, 0.5) is 0 Å². The third kappa shape index (κ3) is 4.33. The monoisotopic (exact) mass is 210 g/mol. The Balaban J connectivity index is 4.42. The van der Waals surface area contributed by atoms with Crippen molar-refractivity contribution in [1.29, 1.82) is 5.26 Å². The first-order valence-electron chi connectivity index (χ1n) is 5.76. The Morgan fingerprint density at radius 1 is 1.40 bits per heavy atom. The Labute approximate surface area is 93.1 Å². The van der Waals surface area contributed by atoms with Crippen LogP contribution in [0.1, 0.15) is 40.5 Å². The predicted octanol–water partition coefficient (Wildman–Crippen LogP) is 2.43. The van der Waals surface area contributed by atoms with Gasteiger partial charge >= 0.3 is 0 Å². The Kier molecular flexibility index (Phi) is 6.77. The molecule has 0 radical (unpaired) electrons. The average Bonchev–Trinajstić information content (AvgIpc) is 2.19. The zero-order valence-electron chi connectivity index (χ0n) is 10.3. The third-order valence-corrected chi connectivity index (χ3v) is 2.55. The molecular formula is C12H22N2O. The highest BCUT2D eigenvalue weighted by molar-refractivity contribution is 5.81. The molecule has 3 heteroatoms. The normalized spacial score (nSPS) is 12.3. The highest BCUT2D eigenvalue weighted by Gasteiger charge is 2.25. The maximum atomic E-state index is 12.0. The summed E-state index contributed by atoms with van der Waals surface area (Å²) >= 11 is 0. The van der Waals surface area contributed by atoms with Gasteiger partial charge in [-0.2, -0.15) is 5.26 Å². The molecule has 3 nitrogen and oxygen atoms in total. The molecular weight excluding hydrogens is 188 g/mol. The van der Waals surface area contributed by atoms with Gasteiger partial charge in [-0.15, -0.1) is 0 Å². The first-order valence-corrected chi connectivity index (χ1v) is 5.76. The first kappa shape index (κ1) is 14.0. The summed E-state index contributed by atoms with van der Waals surface area (Å²) in [5, 5.41) is 8.94. The molecule has 0 spiro atoms. The van der Waals surface area contributed by atoms with E-state index < -0.39 is 5.92 Å². The number of hydrogen-bond donors (Lipinski definition) is 0. The van der Waals surface area contributed by atoms with E-state index in [0.29, 0.717) is 6.54 Å². The molecule has 0 aliphatic rings. The molecule has 1 amide bonds. The van der Waals surface area contributed by atoms with Gasteiger partial charge in [-0.1, -0.05) is 27.2 Å². The largest absolute Gasteiger partial charge is 0.342 e. The minimum Gasteiger partial charge on any atom is -0.342 e. The van der Waals surface area contributed by atoms with Crippen molar-refractivity contribution in [2.75, 3.05) is 13.1 Å². The smallest absolute Gasteiger partial charge is 0.240 e. The number of amides is 1. The lowest BCUT2D eigenvalue weighted by molar-refractivity contribution is -0.134. The Morgan fingerprint density at radius 2 is 2.00 bits per heavy atom. The van der Waals surface area contributed by atoms with Gasteiger partial charge in [-0.25, -0.2) is 0 Å². The molecule has 0 aliphatic heterocycles. The fraction of sp³-hybridized carbons (Fsp3) is 0.833. The third-order valence-electron chi connectivity index (χ3n) is 2.55. The number of carbonyl (C=O) groups excluding carboxylic acids is 1. The molecule has 0 aromatic heterocycles. The van der Waals surface area contributed by atoms with Gasteiger partial charge in [0.05, 0.1) is 6.07 Å². The van der Waals surface area contributed by atoms with E-state index in [-0.39, 0.29) is 11.8 Å². The fourth-order valence-electron chi connectivity index (χ4n) is 1.46. The van der Waals surface area contributed by atoms with Crippen LogP contribution in [0.2, 0.25) is 0 Å². The zero-order valence-corrected chi connectivity index (χ0v) is 10.3. The van der Waals surface area contributed by atoms with Crippen molar-refractivity contribution in [1.82, 2.24) is 4.90 Å². The van der Waals surface area contributed by atoms with E-state index in [2.05, 4.69) is 13.0 Å². The van der Waals surface area contributed by atoms with E-state index in [1.54, 1.807) is 4.90 Å². The van der Waals surface area contributed by atoms with Gasteiger partial charge in [0.1, 0.15) is 5.92 Å². The van der Waals surface area contributed by atoms with E-state index in [4.69, 9.17) is 5.26 Å². The Bertz CT molecular complexity index is 230. The molecule has 86 valence electrons. The fourth-order valence-corrected chi connectivity index (χ4v) is 1.46. The van der Waals surface area contributed by atoms with E-state index in [1.165, 1.54) is 0 Å². The van der Waals surface area contributed by atoms with Crippen LogP contribution >= 0.6 is 0 Å². The average molecular weight is 210 g/mol. The van der Waals surface area contributed by atoms with Gasteiger partial charge in [-0.05, 0) is 19.3 Å². The molecule has 1 atom stereocenters. The predicted molar refractivity (Wildman–Crippen MR) is 61.1 cm³/mol. The van der Waals surface area contributed by atoms with Crippen LogP contribution in [0.25, 0.3) is 0 Å². The van der Waals surface area contributed by atoms with Crippen LogP contribution in [0, 0.1) is 23.2 Å². The van der Waals surface area contributed by atoms with Crippen molar-refractivity contribution in [2.45, 2.75) is 40.5 Å². The summed E-state index contributed by atoms with van der Waals surface area (Å²) in [6.07, 6.45) is 2.08. The van der Waals surface area contributed by atoms with E-state index in [0.717, 1.165) is 19.4 Å². The van der Waals surface area contributed by atoms with Crippen molar-refractivity contribution in [2.24, 2.45) is 11.8 Å². The SMILES string of the molecule is CCCCN(CC)C(=O)C(C#N)C(C)C. The lowest BCUT2D eigenvalue weighted by Gasteiger charge is -2.24. The number of rotatable bonds is 6. The van der Waals surface area contributed by atoms with Crippen LogP contribution in [-0.4, -0.2) is 23.9 Å². The summed E-state index contributed by atoms with van der Waals surface area (Å²) < 4.78 is 0. The van der Waals surface area contributed by atoms with Gasteiger partial charge < -0.3 is 4.90 Å². The Hall–Kier alpha value is -1.04. The minimum atomic E-state index is -0.484. The van der Waals surface area contributed by atoms with Gasteiger partial charge in [0, 0.05) is 13.1 Å². The van der Waals surface area contributed by atoms with E-state index >= 15 is 0 Å². The second-order valence-electron chi connectivity index (χ2n) is 4.12. The Morgan fingerprint density at radius 3 is 2.33 bits per heavy atom. The van der Waals surface area contributed by atoms with Crippen LogP contribution in [0.3, 0.4) is 0 Å². The maximum absolute atomic E-state index is 12.0. The summed E-state index contributed by atoms with van der Waals surface area (Å²) in [7, 11) is 0. The molecule has 0 saturated carbocycles. The van der Waals surface area contributed by atoms with Gasteiger partial charge in [0.15, 0.2) is 0 Å². The molecule has 1 unspecified atom stereocenters. The maximum Gasteiger partial charge on any atom is 0.240 e. The summed E-state index contributed by atoms with van der Waals surface area (Å²) in [5.74, 6) is -0.400. The second-order valence-corrected chi connectivity index (χ2v) is 4.12. The van der Waals surface area contributed by atoms with Crippen LogP contribution in [-0.2, 0) is 4.79 Å². The number of nitrogens with zero attached hydrogens (tertiary/aromatic N) is 2. The molecule has 0 saturated heterocycles. The van der Waals surface area contributed by atoms with Crippen LogP contribution in [0.15, 0.2) is 0 Å². The van der Waals surface area contributed by atoms with Gasteiger partial charge in [-0.3, -0.25) is 4.79 Å². The molecule has 0 aromatic rings. The van der Waals surface area contributed by atoms with Crippen molar-refractivity contribution < 1.29 is 4.79 Å². The van der Waals surface area contributed by atoms with Crippen LogP contribution in [0.5, 0.6) is 0 Å². The molecule has 0 heterocycles. The molecule has 0 rings (SSSR count). The summed E-state index contributed by atoms with van der Waals surface area (Å²) in [6, 6.07) is 2.10. The summed E-state index contributed by atoms with van der Waals surface area (Å²) in [4.78, 5) is 13.7.